The van der Waals surface area contributed by atoms with Gasteiger partial charge in [-0.3, -0.25) is 9.69 Å². The Hall–Kier alpha value is -1.31. The Kier molecular flexibility index (Phi) is 4.56. The molecule has 122 valence electrons. The van der Waals surface area contributed by atoms with Crippen molar-refractivity contribution >= 4 is 0 Å². The van der Waals surface area contributed by atoms with Crippen molar-refractivity contribution in [2.75, 3.05) is 39.4 Å². The lowest BCUT2D eigenvalue weighted by molar-refractivity contribution is -0.0480. The Balaban J connectivity index is 1.81. The maximum Gasteiger partial charge on any atom is 0.257 e. The van der Waals surface area contributed by atoms with Crippen LogP contribution in [-0.4, -0.2) is 55.2 Å². The van der Waals surface area contributed by atoms with E-state index in [2.05, 4.69) is 15.2 Å². The summed E-state index contributed by atoms with van der Waals surface area (Å²) in [4.78, 5) is 16.7. The zero-order valence-corrected chi connectivity index (χ0v) is 12.4. The highest BCUT2D eigenvalue weighted by molar-refractivity contribution is 5.25. The molecule has 2 fully saturated rings. The second kappa shape index (κ2) is 6.44. The van der Waals surface area contributed by atoms with Crippen LogP contribution in [0.15, 0.2) is 17.1 Å². The van der Waals surface area contributed by atoms with E-state index >= 15 is 0 Å². The van der Waals surface area contributed by atoms with E-state index in [1.165, 1.54) is 6.20 Å². The van der Waals surface area contributed by atoms with E-state index in [4.69, 9.17) is 4.74 Å². The van der Waals surface area contributed by atoms with E-state index in [-0.39, 0.29) is 18.5 Å². The molecule has 22 heavy (non-hydrogen) atoms. The number of H-pyrrole nitrogens is 1. The van der Waals surface area contributed by atoms with E-state index in [0.29, 0.717) is 37.4 Å². The topological polar surface area (TPSA) is 57.4 Å². The lowest BCUT2D eigenvalue weighted by atomic mass is 9.88. The summed E-state index contributed by atoms with van der Waals surface area (Å²) in [5.41, 5.74) is 0.836. The highest BCUT2D eigenvalue weighted by Gasteiger charge is 2.42. The Morgan fingerprint density at radius 2 is 2.14 bits per heavy atom. The van der Waals surface area contributed by atoms with Crippen LogP contribution < -0.4 is 10.9 Å². The molecule has 1 unspecified atom stereocenters. The maximum atomic E-state index is 14.1. The number of rotatable bonds is 3. The molecule has 0 spiro atoms. The molecule has 1 aromatic heterocycles. The number of hydrogen-bond acceptors (Lipinski definition) is 4. The lowest BCUT2D eigenvalue weighted by Crippen LogP contribution is -2.43. The van der Waals surface area contributed by atoms with Crippen molar-refractivity contribution in [2.45, 2.75) is 24.8 Å². The minimum absolute atomic E-state index is 0.171. The van der Waals surface area contributed by atoms with Crippen molar-refractivity contribution < 1.29 is 13.5 Å². The third kappa shape index (κ3) is 3.37. The number of alkyl halides is 2. The van der Waals surface area contributed by atoms with Gasteiger partial charge in [0.15, 0.2) is 0 Å². The van der Waals surface area contributed by atoms with Crippen LogP contribution in [0.5, 0.6) is 0 Å². The quantitative estimate of drug-likeness (QED) is 0.871. The van der Waals surface area contributed by atoms with E-state index in [1.807, 2.05) is 0 Å². The third-order valence-corrected chi connectivity index (χ3v) is 4.40. The van der Waals surface area contributed by atoms with Crippen molar-refractivity contribution in [3.63, 3.8) is 0 Å². The first-order valence-corrected chi connectivity index (χ1v) is 7.66. The predicted molar refractivity (Wildman–Crippen MR) is 78.3 cm³/mol. The molecule has 0 aromatic carbocycles. The summed E-state index contributed by atoms with van der Waals surface area (Å²) in [6, 6.07) is 1.64. The molecule has 3 rings (SSSR count). The summed E-state index contributed by atoms with van der Waals surface area (Å²) in [6.45, 7) is 3.82. The molecule has 0 bridgehead atoms. The van der Waals surface area contributed by atoms with Gasteiger partial charge in [0.1, 0.15) is 0 Å². The number of ether oxygens (including phenoxy) is 1. The van der Waals surface area contributed by atoms with Gasteiger partial charge in [-0.1, -0.05) is 0 Å². The number of aromatic amines is 1. The Morgan fingerprint density at radius 1 is 1.36 bits per heavy atom. The molecular weight excluding hydrogens is 292 g/mol. The monoisotopic (exact) mass is 313 g/mol. The molecule has 5 nitrogen and oxygen atoms in total. The molecular formula is C15H21F2N3O2. The Labute approximate surface area is 127 Å². The fraction of sp³-hybridized carbons (Fsp3) is 0.667. The van der Waals surface area contributed by atoms with Gasteiger partial charge in [0.2, 0.25) is 0 Å². The van der Waals surface area contributed by atoms with Crippen LogP contribution in [0.2, 0.25) is 0 Å². The average Bonchev–Trinajstić information content (AvgIpc) is 2.50. The molecule has 2 aliphatic rings. The van der Waals surface area contributed by atoms with Gasteiger partial charge in [-0.05, 0) is 11.6 Å². The SMILES string of the molecule is O=c1[nH]cc(C2CNCCC2(F)F)cc1CN1CCOCC1. The van der Waals surface area contributed by atoms with E-state index in [0.717, 1.165) is 13.1 Å². The summed E-state index contributed by atoms with van der Waals surface area (Å²) in [5.74, 6) is -3.62. The van der Waals surface area contributed by atoms with Gasteiger partial charge in [0, 0.05) is 50.9 Å². The highest BCUT2D eigenvalue weighted by Crippen LogP contribution is 2.37. The zero-order valence-electron chi connectivity index (χ0n) is 12.4. The van der Waals surface area contributed by atoms with Crippen LogP contribution in [0.25, 0.3) is 0 Å². The summed E-state index contributed by atoms with van der Waals surface area (Å²) in [7, 11) is 0. The van der Waals surface area contributed by atoms with Crippen LogP contribution in [0.1, 0.15) is 23.5 Å². The number of hydrogen-bond donors (Lipinski definition) is 2. The van der Waals surface area contributed by atoms with Crippen LogP contribution in [0.4, 0.5) is 8.78 Å². The molecule has 2 aliphatic heterocycles. The Bertz CT molecular complexity index is 570. The van der Waals surface area contributed by atoms with Gasteiger partial charge in [0.05, 0.1) is 19.1 Å². The largest absolute Gasteiger partial charge is 0.379 e. The van der Waals surface area contributed by atoms with Gasteiger partial charge < -0.3 is 15.0 Å². The molecule has 2 N–H and O–H groups in total. The average molecular weight is 313 g/mol. The summed E-state index contributed by atoms with van der Waals surface area (Å²) >= 11 is 0. The minimum Gasteiger partial charge on any atom is -0.379 e. The summed E-state index contributed by atoms with van der Waals surface area (Å²) in [6.07, 6.45) is 1.26. The van der Waals surface area contributed by atoms with Gasteiger partial charge in [-0.25, -0.2) is 8.78 Å². The van der Waals surface area contributed by atoms with Crippen molar-refractivity contribution in [1.29, 1.82) is 0 Å². The molecule has 1 aromatic rings. The van der Waals surface area contributed by atoms with Crippen molar-refractivity contribution in [1.82, 2.24) is 15.2 Å². The number of morpholine rings is 1. The third-order valence-electron chi connectivity index (χ3n) is 4.40. The molecule has 0 saturated carbocycles. The van der Waals surface area contributed by atoms with Gasteiger partial charge in [-0.15, -0.1) is 0 Å². The number of halogens is 2. The minimum atomic E-state index is -2.74. The number of aromatic nitrogens is 1. The van der Waals surface area contributed by atoms with E-state index in [9.17, 15) is 13.6 Å². The molecule has 7 heteroatoms. The molecule has 0 radical (unpaired) electrons. The number of pyridine rings is 1. The molecule has 1 atom stereocenters. The summed E-state index contributed by atoms with van der Waals surface area (Å²) in [5, 5.41) is 3.01. The normalized spacial score (nSPS) is 26.0. The van der Waals surface area contributed by atoms with Crippen molar-refractivity contribution in [3.8, 4) is 0 Å². The molecule has 0 aliphatic carbocycles. The van der Waals surface area contributed by atoms with Crippen LogP contribution >= 0.6 is 0 Å². The fourth-order valence-electron chi connectivity index (χ4n) is 3.06. The molecule has 0 amide bonds. The Morgan fingerprint density at radius 3 is 2.86 bits per heavy atom. The second-order valence-electron chi connectivity index (χ2n) is 5.94. The standard InChI is InChI=1S/C15H21F2N3O2/c16-15(17)1-2-18-9-13(15)11-7-12(14(21)19-8-11)10-20-3-5-22-6-4-20/h7-8,13,18H,1-6,9-10H2,(H,19,21). The lowest BCUT2D eigenvalue weighted by Gasteiger charge is -2.32. The predicted octanol–water partition coefficient (Wildman–Crippen LogP) is 0.919. The zero-order chi connectivity index (χ0) is 15.6. The molecule has 3 heterocycles. The van der Waals surface area contributed by atoms with E-state index < -0.39 is 11.8 Å². The molecule has 2 saturated heterocycles. The maximum absolute atomic E-state index is 14.1. The number of nitrogens with one attached hydrogen (secondary N) is 2. The fourth-order valence-corrected chi connectivity index (χ4v) is 3.06. The van der Waals surface area contributed by atoms with Gasteiger partial charge in [0.25, 0.3) is 11.5 Å². The van der Waals surface area contributed by atoms with E-state index in [1.54, 1.807) is 6.07 Å². The van der Waals surface area contributed by atoms with Crippen molar-refractivity contribution in [2.24, 2.45) is 0 Å². The number of nitrogens with zero attached hydrogens (tertiary/aromatic N) is 1. The van der Waals surface area contributed by atoms with Crippen LogP contribution in [0.3, 0.4) is 0 Å². The van der Waals surface area contributed by atoms with Gasteiger partial charge in [-0.2, -0.15) is 0 Å². The number of piperidine rings is 1. The first-order chi connectivity index (χ1) is 10.6. The smallest absolute Gasteiger partial charge is 0.257 e. The second-order valence-corrected chi connectivity index (χ2v) is 5.94. The first kappa shape index (κ1) is 15.6. The van der Waals surface area contributed by atoms with Crippen molar-refractivity contribution in [3.05, 3.63) is 33.7 Å². The van der Waals surface area contributed by atoms with Crippen LogP contribution in [-0.2, 0) is 11.3 Å². The highest BCUT2D eigenvalue weighted by atomic mass is 19.3. The summed E-state index contributed by atoms with van der Waals surface area (Å²) < 4.78 is 33.5. The van der Waals surface area contributed by atoms with Gasteiger partial charge >= 0.3 is 0 Å². The van der Waals surface area contributed by atoms with Crippen LogP contribution in [0, 0.1) is 0 Å². The first-order valence-electron chi connectivity index (χ1n) is 7.66.